The SMILES string of the molecule is Cc1ccc(S(=O)(=O)c2ccc(CCNC[C@@H](O)c3cccc(Cl)c3)cc2)c(C)c1OCC(=O)O. The number of carboxylic acids is 1. The number of sulfone groups is 1. The Kier molecular flexibility index (Phi) is 8.91. The number of rotatable bonds is 11. The number of hydrogen-bond acceptors (Lipinski definition) is 6. The zero-order chi connectivity index (χ0) is 25.6. The van der Waals surface area contributed by atoms with Crippen molar-refractivity contribution in [1.29, 1.82) is 0 Å². The van der Waals surface area contributed by atoms with E-state index < -0.39 is 28.5 Å². The number of ether oxygens (including phenoxy) is 1. The summed E-state index contributed by atoms with van der Waals surface area (Å²) in [5, 5.41) is 22.9. The van der Waals surface area contributed by atoms with Crippen LogP contribution in [0.5, 0.6) is 5.75 Å². The van der Waals surface area contributed by atoms with Gasteiger partial charge in [-0.2, -0.15) is 0 Å². The Morgan fingerprint density at radius 3 is 2.46 bits per heavy atom. The van der Waals surface area contributed by atoms with Crippen LogP contribution in [0.1, 0.15) is 28.4 Å². The summed E-state index contributed by atoms with van der Waals surface area (Å²) in [5.41, 5.74) is 2.71. The second kappa shape index (κ2) is 11.7. The van der Waals surface area contributed by atoms with E-state index in [4.69, 9.17) is 21.4 Å². The van der Waals surface area contributed by atoms with Gasteiger partial charge in [-0.05, 0) is 73.8 Å². The second-order valence-electron chi connectivity index (χ2n) is 8.19. The Labute approximate surface area is 210 Å². The molecule has 1 atom stereocenters. The summed E-state index contributed by atoms with van der Waals surface area (Å²) < 4.78 is 31.8. The van der Waals surface area contributed by atoms with Gasteiger partial charge in [0.1, 0.15) is 5.75 Å². The van der Waals surface area contributed by atoms with Gasteiger partial charge in [-0.25, -0.2) is 13.2 Å². The second-order valence-corrected chi connectivity index (χ2v) is 10.5. The van der Waals surface area contributed by atoms with E-state index in [9.17, 15) is 18.3 Å². The van der Waals surface area contributed by atoms with Crippen LogP contribution in [0, 0.1) is 13.8 Å². The molecule has 186 valence electrons. The molecule has 3 N–H and O–H groups in total. The van der Waals surface area contributed by atoms with E-state index in [0.29, 0.717) is 35.7 Å². The monoisotopic (exact) mass is 517 g/mol. The van der Waals surface area contributed by atoms with E-state index in [1.54, 1.807) is 62.4 Å². The fraction of sp³-hybridized carbons (Fsp3) is 0.269. The maximum atomic E-state index is 13.2. The molecule has 0 bridgehead atoms. The predicted octanol–water partition coefficient (Wildman–Crippen LogP) is 4.12. The highest BCUT2D eigenvalue weighted by atomic mass is 35.5. The molecule has 7 nitrogen and oxygen atoms in total. The lowest BCUT2D eigenvalue weighted by molar-refractivity contribution is -0.139. The smallest absolute Gasteiger partial charge is 0.341 e. The van der Waals surface area contributed by atoms with Crippen LogP contribution in [0.3, 0.4) is 0 Å². The van der Waals surface area contributed by atoms with Crippen molar-refractivity contribution in [3.63, 3.8) is 0 Å². The zero-order valence-corrected chi connectivity index (χ0v) is 21.1. The van der Waals surface area contributed by atoms with Crippen LogP contribution in [0.2, 0.25) is 5.02 Å². The number of carboxylic acid groups (broad SMARTS) is 1. The van der Waals surface area contributed by atoms with Crippen LogP contribution in [0.25, 0.3) is 0 Å². The Hall–Kier alpha value is -2.91. The first kappa shape index (κ1) is 26.7. The van der Waals surface area contributed by atoms with E-state index in [1.807, 2.05) is 6.07 Å². The minimum absolute atomic E-state index is 0.0768. The molecule has 3 aromatic rings. The van der Waals surface area contributed by atoms with Crippen molar-refractivity contribution >= 4 is 27.4 Å². The summed E-state index contributed by atoms with van der Waals surface area (Å²) in [6.45, 7) is 3.76. The quantitative estimate of drug-likeness (QED) is 0.328. The molecule has 0 heterocycles. The highest BCUT2D eigenvalue weighted by molar-refractivity contribution is 7.91. The third kappa shape index (κ3) is 6.82. The molecule has 0 aromatic heterocycles. The number of benzene rings is 3. The van der Waals surface area contributed by atoms with Crippen LogP contribution in [-0.4, -0.2) is 44.3 Å². The number of aliphatic carboxylic acids is 1. The van der Waals surface area contributed by atoms with Gasteiger partial charge < -0.3 is 20.3 Å². The summed E-state index contributed by atoms with van der Waals surface area (Å²) >= 11 is 5.96. The van der Waals surface area contributed by atoms with Gasteiger partial charge in [0.05, 0.1) is 15.9 Å². The van der Waals surface area contributed by atoms with Gasteiger partial charge in [0, 0.05) is 17.1 Å². The molecule has 0 saturated heterocycles. The average molecular weight is 518 g/mol. The fourth-order valence-corrected chi connectivity index (χ4v) is 5.41. The molecule has 3 rings (SSSR count). The lowest BCUT2D eigenvalue weighted by Crippen LogP contribution is -2.23. The maximum Gasteiger partial charge on any atom is 0.341 e. The van der Waals surface area contributed by atoms with Gasteiger partial charge in [0.15, 0.2) is 6.61 Å². The minimum atomic E-state index is -3.82. The number of carbonyl (C=O) groups is 1. The van der Waals surface area contributed by atoms with E-state index in [1.165, 1.54) is 6.07 Å². The van der Waals surface area contributed by atoms with Crippen LogP contribution in [0.4, 0.5) is 0 Å². The van der Waals surface area contributed by atoms with Crippen molar-refractivity contribution in [2.75, 3.05) is 19.7 Å². The number of aliphatic hydroxyl groups excluding tert-OH is 1. The van der Waals surface area contributed by atoms with Crippen LogP contribution >= 0.6 is 11.6 Å². The van der Waals surface area contributed by atoms with Gasteiger partial charge >= 0.3 is 5.97 Å². The van der Waals surface area contributed by atoms with Gasteiger partial charge in [0.25, 0.3) is 0 Å². The molecular weight excluding hydrogens is 490 g/mol. The molecule has 0 fully saturated rings. The Morgan fingerprint density at radius 2 is 1.80 bits per heavy atom. The summed E-state index contributed by atoms with van der Waals surface area (Å²) in [6, 6.07) is 16.8. The highest BCUT2D eigenvalue weighted by Gasteiger charge is 2.23. The van der Waals surface area contributed by atoms with Crippen LogP contribution < -0.4 is 10.1 Å². The molecule has 0 amide bonds. The summed E-state index contributed by atoms with van der Waals surface area (Å²) in [5.74, 6) is -0.878. The Morgan fingerprint density at radius 1 is 1.09 bits per heavy atom. The molecule has 3 aromatic carbocycles. The number of aliphatic hydroxyl groups is 1. The van der Waals surface area contributed by atoms with E-state index in [-0.39, 0.29) is 15.5 Å². The molecular formula is C26H28ClNO6S. The first-order valence-corrected chi connectivity index (χ1v) is 12.9. The Balaban J connectivity index is 1.64. The van der Waals surface area contributed by atoms with Crippen molar-refractivity contribution in [3.8, 4) is 5.75 Å². The first-order valence-electron chi connectivity index (χ1n) is 11.0. The predicted molar refractivity (Wildman–Crippen MR) is 134 cm³/mol. The highest BCUT2D eigenvalue weighted by Crippen LogP contribution is 2.32. The van der Waals surface area contributed by atoms with Crippen molar-refractivity contribution in [3.05, 3.63) is 87.9 Å². The van der Waals surface area contributed by atoms with Crippen LogP contribution in [0.15, 0.2) is 70.5 Å². The molecule has 0 aliphatic carbocycles. The van der Waals surface area contributed by atoms with Crippen molar-refractivity contribution in [2.45, 2.75) is 36.2 Å². The number of nitrogens with one attached hydrogen (secondary N) is 1. The van der Waals surface area contributed by atoms with Gasteiger partial charge in [-0.1, -0.05) is 41.9 Å². The number of halogens is 1. The van der Waals surface area contributed by atoms with Crippen LogP contribution in [-0.2, 0) is 21.1 Å². The van der Waals surface area contributed by atoms with E-state index in [2.05, 4.69) is 5.32 Å². The maximum absolute atomic E-state index is 13.2. The molecule has 0 saturated carbocycles. The average Bonchev–Trinajstić information content (AvgIpc) is 2.81. The zero-order valence-electron chi connectivity index (χ0n) is 19.5. The molecule has 9 heteroatoms. The van der Waals surface area contributed by atoms with Crippen molar-refractivity contribution < 1.29 is 28.2 Å². The lowest BCUT2D eigenvalue weighted by Gasteiger charge is -2.15. The van der Waals surface area contributed by atoms with Gasteiger partial charge in [-0.15, -0.1) is 0 Å². The summed E-state index contributed by atoms with van der Waals surface area (Å²) in [7, 11) is -3.82. The largest absolute Gasteiger partial charge is 0.481 e. The lowest BCUT2D eigenvalue weighted by atomic mass is 10.1. The first-order chi connectivity index (χ1) is 16.6. The molecule has 35 heavy (non-hydrogen) atoms. The van der Waals surface area contributed by atoms with Crippen molar-refractivity contribution in [1.82, 2.24) is 5.32 Å². The summed E-state index contributed by atoms with van der Waals surface area (Å²) in [4.78, 5) is 11.1. The molecule has 0 aliphatic rings. The molecule has 0 unspecified atom stereocenters. The van der Waals surface area contributed by atoms with E-state index >= 15 is 0 Å². The third-order valence-electron chi connectivity index (χ3n) is 5.58. The topological polar surface area (TPSA) is 113 Å². The molecule has 0 spiro atoms. The Bertz CT molecular complexity index is 1290. The fourth-order valence-electron chi connectivity index (χ4n) is 3.72. The molecule has 0 aliphatic heterocycles. The molecule has 0 radical (unpaired) electrons. The van der Waals surface area contributed by atoms with Crippen molar-refractivity contribution in [2.24, 2.45) is 0 Å². The third-order valence-corrected chi connectivity index (χ3v) is 7.73. The standard InChI is InChI=1S/C26H28ClNO6S/c1-17-6-11-24(18(2)26(17)34-16-25(30)31)35(32,33)22-9-7-19(8-10-22)12-13-28-15-23(29)20-4-3-5-21(27)14-20/h3-11,14,23,28-29H,12-13,15-16H2,1-2H3,(H,30,31)/t23-/m1/s1. The number of aryl methyl sites for hydroxylation is 1. The number of hydrogen-bond donors (Lipinski definition) is 3. The minimum Gasteiger partial charge on any atom is -0.481 e. The van der Waals surface area contributed by atoms with E-state index in [0.717, 1.165) is 11.1 Å². The normalized spacial score (nSPS) is 12.3. The summed E-state index contributed by atoms with van der Waals surface area (Å²) in [6.07, 6.45) is -0.0254. The van der Waals surface area contributed by atoms with Gasteiger partial charge in [0.2, 0.25) is 9.84 Å². The van der Waals surface area contributed by atoms with Gasteiger partial charge in [-0.3, -0.25) is 0 Å².